The van der Waals surface area contributed by atoms with Crippen LogP contribution in [0.2, 0.25) is 0 Å². The molecule has 0 unspecified atom stereocenters. The Balaban J connectivity index is 1.77. The van der Waals surface area contributed by atoms with Crippen molar-refractivity contribution >= 4 is 34.2 Å². The van der Waals surface area contributed by atoms with Gasteiger partial charge in [-0.15, -0.1) is 0 Å². The summed E-state index contributed by atoms with van der Waals surface area (Å²) >= 11 is 2.23. The summed E-state index contributed by atoms with van der Waals surface area (Å²) in [7, 11) is 0. The lowest BCUT2D eigenvalue weighted by Gasteiger charge is -2.08. The first-order valence-corrected chi connectivity index (χ1v) is 6.61. The van der Waals surface area contributed by atoms with E-state index in [2.05, 4.69) is 33.2 Å². The van der Waals surface area contributed by atoms with Crippen molar-refractivity contribution in [2.75, 3.05) is 11.9 Å². The Morgan fingerprint density at radius 3 is 2.78 bits per heavy atom. The minimum atomic E-state index is -0.0638. The molecular weight excluding hydrogens is 343 g/mol. The molecule has 94 valence electrons. The summed E-state index contributed by atoms with van der Waals surface area (Å²) in [4.78, 5) is 11.6. The number of amides is 1. The van der Waals surface area contributed by atoms with E-state index in [1.807, 2.05) is 30.3 Å². The molecule has 0 bridgehead atoms. The highest BCUT2D eigenvalue weighted by Gasteiger charge is 2.03. The first-order valence-electron chi connectivity index (χ1n) is 5.53. The lowest BCUT2D eigenvalue weighted by atomic mass is 10.3. The molecule has 2 N–H and O–H groups in total. The summed E-state index contributed by atoms with van der Waals surface area (Å²) < 4.78 is 6.22. The van der Waals surface area contributed by atoms with Crippen molar-refractivity contribution in [1.82, 2.24) is 5.32 Å². The van der Waals surface area contributed by atoms with Crippen molar-refractivity contribution in [1.29, 1.82) is 0 Å². The molecule has 0 saturated carbocycles. The zero-order valence-electron chi connectivity index (χ0n) is 9.65. The van der Waals surface area contributed by atoms with E-state index < -0.39 is 0 Å². The quantitative estimate of drug-likeness (QED) is 0.810. The van der Waals surface area contributed by atoms with Crippen LogP contribution in [0.4, 0.5) is 5.69 Å². The maximum atomic E-state index is 11.6. The molecule has 1 heterocycles. The first kappa shape index (κ1) is 12.9. The minimum Gasteiger partial charge on any atom is -0.467 e. The third kappa shape index (κ3) is 3.76. The molecule has 0 aliphatic carbocycles. The van der Waals surface area contributed by atoms with Crippen LogP contribution < -0.4 is 10.6 Å². The predicted molar refractivity (Wildman–Crippen MR) is 78.2 cm³/mol. The minimum absolute atomic E-state index is 0.0638. The summed E-state index contributed by atoms with van der Waals surface area (Å²) in [6.45, 7) is 0.667. The molecule has 2 aromatic rings. The fraction of sp³-hybridized carbons (Fsp3) is 0.154. The van der Waals surface area contributed by atoms with Crippen LogP contribution in [0, 0.1) is 3.57 Å². The van der Waals surface area contributed by atoms with E-state index in [9.17, 15) is 4.79 Å². The lowest BCUT2D eigenvalue weighted by Crippen LogP contribution is -2.29. The van der Waals surface area contributed by atoms with E-state index >= 15 is 0 Å². The van der Waals surface area contributed by atoms with Gasteiger partial charge in [0.05, 0.1) is 19.4 Å². The number of para-hydroxylation sites is 1. The summed E-state index contributed by atoms with van der Waals surface area (Å²) in [5.41, 5.74) is 0.964. The Labute approximate surface area is 119 Å². The van der Waals surface area contributed by atoms with Crippen LogP contribution in [0.3, 0.4) is 0 Å². The van der Waals surface area contributed by atoms with Crippen molar-refractivity contribution in [2.45, 2.75) is 6.54 Å². The second-order valence-electron chi connectivity index (χ2n) is 3.69. The van der Waals surface area contributed by atoms with Crippen LogP contribution in [0.25, 0.3) is 0 Å². The molecular formula is C13H13IN2O2. The molecule has 0 aliphatic heterocycles. The van der Waals surface area contributed by atoms with Crippen LogP contribution >= 0.6 is 22.6 Å². The van der Waals surface area contributed by atoms with Crippen molar-refractivity contribution in [3.05, 3.63) is 52.0 Å². The number of hydrogen-bond donors (Lipinski definition) is 2. The second kappa shape index (κ2) is 6.44. The van der Waals surface area contributed by atoms with Gasteiger partial charge in [0.25, 0.3) is 0 Å². The molecule has 0 aliphatic rings. The number of carbonyl (C=O) groups excluding carboxylic acids is 1. The molecule has 18 heavy (non-hydrogen) atoms. The van der Waals surface area contributed by atoms with Crippen molar-refractivity contribution in [3.63, 3.8) is 0 Å². The van der Waals surface area contributed by atoms with Crippen LogP contribution in [0.1, 0.15) is 5.76 Å². The second-order valence-corrected chi connectivity index (χ2v) is 4.85. The number of carbonyl (C=O) groups is 1. The molecule has 0 spiro atoms. The van der Waals surface area contributed by atoms with Crippen molar-refractivity contribution in [3.8, 4) is 0 Å². The molecule has 1 aromatic carbocycles. The van der Waals surface area contributed by atoms with Gasteiger partial charge in [0.2, 0.25) is 5.91 Å². The molecule has 4 nitrogen and oxygen atoms in total. The lowest BCUT2D eigenvalue weighted by molar-refractivity contribution is -0.119. The summed E-state index contributed by atoms with van der Waals surface area (Å²) in [6.07, 6.45) is 1.59. The maximum Gasteiger partial charge on any atom is 0.239 e. The monoisotopic (exact) mass is 356 g/mol. The molecule has 1 aromatic heterocycles. The average molecular weight is 356 g/mol. The fourth-order valence-corrected chi connectivity index (χ4v) is 2.02. The highest BCUT2D eigenvalue weighted by Crippen LogP contribution is 2.16. The Morgan fingerprint density at radius 2 is 2.06 bits per heavy atom. The fourth-order valence-electron chi connectivity index (χ4n) is 1.44. The number of furan rings is 1. The number of rotatable bonds is 5. The van der Waals surface area contributed by atoms with Gasteiger partial charge >= 0.3 is 0 Å². The van der Waals surface area contributed by atoms with Gasteiger partial charge in [0, 0.05) is 9.26 Å². The Morgan fingerprint density at radius 1 is 1.22 bits per heavy atom. The molecule has 2 rings (SSSR count). The number of hydrogen-bond acceptors (Lipinski definition) is 3. The van der Waals surface area contributed by atoms with Gasteiger partial charge in [-0.1, -0.05) is 12.1 Å². The van der Waals surface area contributed by atoms with Gasteiger partial charge in [0.1, 0.15) is 5.76 Å². The van der Waals surface area contributed by atoms with Crippen molar-refractivity contribution < 1.29 is 9.21 Å². The van der Waals surface area contributed by atoms with Gasteiger partial charge < -0.3 is 15.1 Å². The van der Waals surface area contributed by atoms with Gasteiger partial charge in [-0.2, -0.15) is 0 Å². The zero-order chi connectivity index (χ0) is 12.8. The van der Waals surface area contributed by atoms with E-state index in [1.54, 1.807) is 12.3 Å². The summed E-state index contributed by atoms with van der Waals surface area (Å²) in [5, 5.41) is 5.87. The number of anilines is 1. The number of halogens is 1. The Hall–Kier alpha value is -1.50. The van der Waals surface area contributed by atoms with Gasteiger partial charge in [-0.05, 0) is 46.9 Å². The van der Waals surface area contributed by atoms with Crippen LogP contribution in [0.15, 0.2) is 47.1 Å². The van der Waals surface area contributed by atoms with Gasteiger partial charge in [-0.3, -0.25) is 4.79 Å². The third-order valence-corrected chi connectivity index (χ3v) is 3.29. The Kier molecular flexibility index (Phi) is 4.63. The normalized spacial score (nSPS) is 10.1. The average Bonchev–Trinajstić information content (AvgIpc) is 2.88. The van der Waals surface area contributed by atoms with E-state index in [-0.39, 0.29) is 12.5 Å². The van der Waals surface area contributed by atoms with Gasteiger partial charge in [0.15, 0.2) is 0 Å². The molecule has 0 atom stereocenters. The number of benzene rings is 1. The first-order chi connectivity index (χ1) is 8.75. The summed E-state index contributed by atoms with van der Waals surface area (Å²) in [6, 6.07) is 11.5. The maximum absolute atomic E-state index is 11.6. The summed E-state index contributed by atoms with van der Waals surface area (Å²) in [5.74, 6) is 0.684. The SMILES string of the molecule is O=C(CNc1ccccc1I)NCc1ccco1. The van der Waals surface area contributed by atoms with Crippen LogP contribution in [0.5, 0.6) is 0 Å². The highest BCUT2D eigenvalue weighted by molar-refractivity contribution is 14.1. The number of nitrogens with one attached hydrogen (secondary N) is 2. The topological polar surface area (TPSA) is 54.3 Å². The molecule has 0 radical (unpaired) electrons. The van der Waals surface area contributed by atoms with E-state index in [4.69, 9.17) is 4.42 Å². The molecule has 1 amide bonds. The van der Waals surface area contributed by atoms with Crippen LogP contribution in [-0.2, 0) is 11.3 Å². The van der Waals surface area contributed by atoms with E-state index in [0.717, 1.165) is 15.0 Å². The molecule has 5 heteroatoms. The van der Waals surface area contributed by atoms with E-state index in [1.165, 1.54) is 0 Å². The highest BCUT2D eigenvalue weighted by atomic mass is 127. The van der Waals surface area contributed by atoms with Crippen LogP contribution in [-0.4, -0.2) is 12.5 Å². The van der Waals surface area contributed by atoms with Crippen molar-refractivity contribution in [2.24, 2.45) is 0 Å². The molecule has 0 saturated heterocycles. The zero-order valence-corrected chi connectivity index (χ0v) is 11.8. The largest absolute Gasteiger partial charge is 0.467 e. The third-order valence-electron chi connectivity index (χ3n) is 2.35. The van der Waals surface area contributed by atoms with E-state index in [0.29, 0.717) is 6.54 Å². The molecule has 0 fully saturated rings. The standard InChI is InChI=1S/C13H13IN2O2/c14-11-5-1-2-6-12(11)15-9-13(17)16-8-10-4-3-7-18-10/h1-7,15H,8-9H2,(H,16,17). The van der Waals surface area contributed by atoms with Gasteiger partial charge in [-0.25, -0.2) is 0 Å². The smallest absolute Gasteiger partial charge is 0.239 e. The predicted octanol–water partition coefficient (Wildman–Crippen LogP) is 2.61. The Bertz CT molecular complexity index is 511.